The fourth-order valence-electron chi connectivity index (χ4n) is 3.73. The van der Waals surface area contributed by atoms with Gasteiger partial charge in [0.05, 0.1) is 25.9 Å². The highest BCUT2D eigenvalue weighted by Gasteiger charge is 2.21. The van der Waals surface area contributed by atoms with Crippen molar-refractivity contribution < 1.29 is 18.8 Å². The van der Waals surface area contributed by atoms with Crippen LogP contribution in [0.5, 0.6) is 0 Å². The van der Waals surface area contributed by atoms with Gasteiger partial charge in [0.2, 0.25) is 11.7 Å². The number of β-amino-alcohol motifs (C(OH)–C–C–N with tert-alkyl or cyclic N) is 1. The van der Waals surface area contributed by atoms with Crippen LogP contribution in [0.15, 0.2) is 53.1 Å². The second kappa shape index (κ2) is 10.8. The fourth-order valence-corrected chi connectivity index (χ4v) is 3.73. The molecule has 1 aliphatic heterocycles. The summed E-state index contributed by atoms with van der Waals surface area (Å²) in [6, 6.07) is 14.6. The zero-order valence-electron chi connectivity index (χ0n) is 18.3. The van der Waals surface area contributed by atoms with Crippen molar-refractivity contribution in [3.8, 4) is 11.4 Å². The molecule has 170 valence electrons. The van der Waals surface area contributed by atoms with Crippen LogP contribution in [0.2, 0.25) is 0 Å². The van der Waals surface area contributed by atoms with Crippen LogP contribution >= 0.6 is 0 Å². The number of ether oxygens (including phenoxy) is 1. The summed E-state index contributed by atoms with van der Waals surface area (Å²) in [5.41, 5.74) is 2.64. The minimum Gasteiger partial charge on any atom is -0.389 e. The van der Waals surface area contributed by atoms with E-state index in [1.54, 1.807) is 18.2 Å². The highest BCUT2D eigenvalue weighted by atomic mass is 19.1. The monoisotopic (exact) mass is 440 g/mol. The number of aryl methyl sites for hydroxylation is 1. The van der Waals surface area contributed by atoms with Crippen LogP contribution in [0.25, 0.3) is 11.4 Å². The summed E-state index contributed by atoms with van der Waals surface area (Å²) in [5, 5.41) is 14.4. The van der Waals surface area contributed by atoms with Gasteiger partial charge >= 0.3 is 0 Å². The molecule has 0 aliphatic carbocycles. The van der Waals surface area contributed by atoms with Crippen molar-refractivity contribution in [2.24, 2.45) is 0 Å². The van der Waals surface area contributed by atoms with Crippen LogP contribution < -0.4 is 0 Å². The Morgan fingerprint density at radius 1 is 1.06 bits per heavy atom. The molecular formula is C24H29FN4O3. The SMILES string of the molecule is Cc1ccc(-c2noc(CN3CCN(CC(O)COCc4ccccc4F)CC3)n2)cc1. The van der Waals surface area contributed by atoms with Gasteiger partial charge in [-0.15, -0.1) is 0 Å². The molecule has 1 unspecified atom stereocenters. The van der Waals surface area contributed by atoms with E-state index in [0.29, 0.717) is 30.4 Å². The Morgan fingerprint density at radius 2 is 1.78 bits per heavy atom. The average molecular weight is 441 g/mol. The lowest BCUT2D eigenvalue weighted by Gasteiger charge is -2.34. The maximum absolute atomic E-state index is 13.6. The molecule has 1 N–H and O–H groups in total. The van der Waals surface area contributed by atoms with Gasteiger partial charge in [0.25, 0.3) is 0 Å². The molecule has 3 aromatic rings. The molecule has 0 bridgehead atoms. The van der Waals surface area contributed by atoms with E-state index >= 15 is 0 Å². The van der Waals surface area contributed by atoms with Gasteiger partial charge in [-0.2, -0.15) is 4.98 Å². The van der Waals surface area contributed by atoms with Crippen LogP contribution in [0.4, 0.5) is 4.39 Å². The predicted octanol–water partition coefficient (Wildman–Crippen LogP) is 2.88. The second-order valence-electron chi connectivity index (χ2n) is 8.21. The predicted molar refractivity (Wildman–Crippen MR) is 118 cm³/mol. The van der Waals surface area contributed by atoms with Crippen LogP contribution in [-0.4, -0.2) is 70.5 Å². The van der Waals surface area contributed by atoms with Gasteiger partial charge in [0, 0.05) is 43.9 Å². The largest absolute Gasteiger partial charge is 0.389 e. The quantitative estimate of drug-likeness (QED) is 0.548. The first-order valence-corrected chi connectivity index (χ1v) is 10.9. The number of benzene rings is 2. The first-order chi connectivity index (χ1) is 15.6. The molecule has 4 rings (SSSR count). The minimum atomic E-state index is -0.610. The molecule has 0 radical (unpaired) electrons. The second-order valence-corrected chi connectivity index (χ2v) is 8.21. The molecule has 1 fully saturated rings. The molecule has 2 aromatic carbocycles. The first kappa shape index (κ1) is 22.5. The number of hydrogen-bond donors (Lipinski definition) is 1. The number of aromatic nitrogens is 2. The van der Waals surface area contributed by atoms with E-state index in [1.807, 2.05) is 31.2 Å². The van der Waals surface area contributed by atoms with E-state index in [1.165, 1.54) is 11.6 Å². The van der Waals surface area contributed by atoms with Gasteiger partial charge in [0.15, 0.2) is 0 Å². The summed E-state index contributed by atoms with van der Waals surface area (Å²) in [5.74, 6) is 0.929. The summed E-state index contributed by atoms with van der Waals surface area (Å²) in [6.07, 6.45) is -0.610. The van der Waals surface area contributed by atoms with Gasteiger partial charge in [-0.3, -0.25) is 9.80 Å². The number of halogens is 1. The maximum atomic E-state index is 13.6. The van der Waals surface area contributed by atoms with E-state index < -0.39 is 6.10 Å². The fraction of sp³-hybridized carbons (Fsp3) is 0.417. The number of aliphatic hydroxyl groups excluding tert-OH is 1. The van der Waals surface area contributed by atoms with Crippen LogP contribution in [0.3, 0.4) is 0 Å². The van der Waals surface area contributed by atoms with Gasteiger partial charge in [-0.05, 0) is 13.0 Å². The van der Waals surface area contributed by atoms with Crippen molar-refractivity contribution in [2.45, 2.75) is 26.2 Å². The van der Waals surface area contributed by atoms with Crippen LogP contribution in [-0.2, 0) is 17.9 Å². The summed E-state index contributed by atoms with van der Waals surface area (Å²) < 4.78 is 24.5. The zero-order chi connectivity index (χ0) is 22.3. The van der Waals surface area contributed by atoms with Gasteiger partial charge in [-0.25, -0.2) is 4.39 Å². The highest BCUT2D eigenvalue weighted by Crippen LogP contribution is 2.17. The van der Waals surface area contributed by atoms with Gasteiger partial charge < -0.3 is 14.4 Å². The molecular weight excluding hydrogens is 411 g/mol. The molecule has 1 atom stereocenters. The molecule has 8 heteroatoms. The van der Waals surface area contributed by atoms with Crippen LogP contribution in [0.1, 0.15) is 17.0 Å². The van der Waals surface area contributed by atoms with E-state index in [0.717, 1.165) is 31.7 Å². The van der Waals surface area contributed by atoms with Crippen molar-refractivity contribution in [3.63, 3.8) is 0 Å². The number of rotatable bonds is 9. The number of nitrogens with zero attached hydrogens (tertiary/aromatic N) is 4. The van der Waals surface area contributed by atoms with E-state index in [-0.39, 0.29) is 19.0 Å². The Morgan fingerprint density at radius 3 is 2.53 bits per heavy atom. The maximum Gasteiger partial charge on any atom is 0.241 e. The normalized spacial score (nSPS) is 16.3. The minimum absolute atomic E-state index is 0.159. The Labute approximate surface area is 187 Å². The third-order valence-electron chi connectivity index (χ3n) is 5.60. The van der Waals surface area contributed by atoms with Gasteiger partial charge in [-0.1, -0.05) is 53.2 Å². The Hall–Kier alpha value is -2.65. The van der Waals surface area contributed by atoms with Crippen LogP contribution in [0, 0.1) is 12.7 Å². The lowest BCUT2D eigenvalue weighted by atomic mass is 10.1. The molecule has 0 spiro atoms. The topological polar surface area (TPSA) is 74.9 Å². The highest BCUT2D eigenvalue weighted by molar-refractivity contribution is 5.54. The lowest BCUT2D eigenvalue weighted by molar-refractivity contribution is -0.000349. The summed E-state index contributed by atoms with van der Waals surface area (Å²) in [6.45, 7) is 6.90. The lowest BCUT2D eigenvalue weighted by Crippen LogP contribution is -2.48. The van der Waals surface area contributed by atoms with E-state index in [9.17, 15) is 9.50 Å². The molecule has 7 nitrogen and oxygen atoms in total. The Bertz CT molecular complexity index is 987. The third kappa shape index (κ3) is 6.20. The molecule has 1 aromatic heterocycles. The molecule has 2 heterocycles. The van der Waals surface area contributed by atoms with Crippen molar-refractivity contribution in [1.29, 1.82) is 0 Å². The van der Waals surface area contributed by atoms with E-state index in [4.69, 9.17) is 9.26 Å². The zero-order valence-corrected chi connectivity index (χ0v) is 18.3. The standard InChI is InChI=1S/C24H29FN4O3/c1-18-6-8-19(9-7-18)24-26-23(32-27-24)15-29-12-10-28(11-13-29)14-21(30)17-31-16-20-4-2-3-5-22(20)25/h2-9,21,30H,10-17H2,1H3. The Kier molecular flexibility index (Phi) is 7.59. The Balaban J connectivity index is 1.17. The van der Waals surface area contributed by atoms with Gasteiger partial charge in [0.1, 0.15) is 5.82 Å². The van der Waals surface area contributed by atoms with Crippen molar-refractivity contribution in [1.82, 2.24) is 19.9 Å². The summed E-state index contributed by atoms with van der Waals surface area (Å²) >= 11 is 0. The molecule has 1 aliphatic rings. The van der Waals surface area contributed by atoms with E-state index in [2.05, 4.69) is 19.9 Å². The number of aliphatic hydroxyl groups is 1. The van der Waals surface area contributed by atoms with Crippen molar-refractivity contribution in [2.75, 3.05) is 39.3 Å². The smallest absolute Gasteiger partial charge is 0.241 e. The van der Waals surface area contributed by atoms with Crippen molar-refractivity contribution >= 4 is 0 Å². The molecule has 1 saturated heterocycles. The molecule has 32 heavy (non-hydrogen) atoms. The summed E-state index contributed by atoms with van der Waals surface area (Å²) in [7, 11) is 0. The third-order valence-corrected chi connectivity index (χ3v) is 5.60. The average Bonchev–Trinajstić information content (AvgIpc) is 3.25. The first-order valence-electron chi connectivity index (χ1n) is 10.9. The number of hydrogen-bond acceptors (Lipinski definition) is 7. The van der Waals surface area contributed by atoms with Crippen molar-refractivity contribution in [3.05, 3.63) is 71.4 Å². The molecule has 0 saturated carbocycles. The number of piperazine rings is 1. The molecule has 0 amide bonds. The summed E-state index contributed by atoms with van der Waals surface area (Å²) in [4.78, 5) is 9.00.